The maximum Gasteiger partial charge on any atom is 0.282 e. The van der Waals surface area contributed by atoms with Gasteiger partial charge in [0.25, 0.3) is 11.6 Å². The van der Waals surface area contributed by atoms with Crippen LogP contribution in [0.15, 0.2) is 70.2 Å². The van der Waals surface area contributed by atoms with Crippen LogP contribution in [0.3, 0.4) is 0 Å². The lowest BCUT2D eigenvalue weighted by Gasteiger charge is -2.14. The molecule has 10 heteroatoms. The smallest absolute Gasteiger partial charge is 0.282 e. The van der Waals surface area contributed by atoms with Gasteiger partial charge in [0.15, 0.2) is 11.5 Å². The number of hydrazone groups is 1. The average Bonchev–Trinajstić information content (AvgIpc) is 2.80. The van der Waals surface area contributed by atoms with Gasteiger partial charge in [0.2, 0.25) is 0 Å². The lowest BCUT2D eigenvalue weighted by molar-refractivity contribution is -0.385. The number of nitro benzene ring substituents is 1. The predicted octanol–water partition coefficient (Wildman–Crippen LogP) is 5.75. The van der Waals surface area contributed by atoms with Crippen LogP contribution in [0.1, 0.15) is 28.4 Å². The Labute approximate surface area is 203 Å². The number of hydrogen-bond acceptors (Lipinski definition) is 6. The highest BCUT2D eigenvalue weighted by Crippen LogP contribution is 2.37. The molecule has 3 aromatic rings. The zero-order valence-corrected chi connectivity index (χ0v) is 19.8. The Balaban J connectivity index is 1.74. The van der Waals surface area contributed by atoms with Gasteiger partial charge >= 0.3 is 0 Å². The summed E-state index contributed by atoms with van der Waals surface area (Å²) in [4.78, 5) is 22.8. The highest BCUT2D eigenvalue weighted by Gasteiger charge is 2.18. The molecule has 0 aliphatic rings. The van der Waals surface area contributed by atoms with E-state index in [1.54, 1.807) is 30.3 Å². The van der Waals surface area contributed by atoms with Gasteiger partial charge in [-0.1, -0.05) is 35.9 Å². The molecule has 33 heavy (non-hydrogen) atoms. The highest BCUT2D eigenvalue weighted by atomic mass is 79.9. The molecule has 0 heterocycles. The first kappa shape index (κ1) is 24.2. The number of halogens is 2. The number of nitrogens with zero attached hydrogens (tertiary/aromatic N) is 2. The van der Waals surface area contributed by atoms with Crippen molar-refractivity contribution in [3.8, 4) is 11.5 Å². The third-order valence-corrected chi connectivity index (χ3v) is 5.19. The Bertz CT molecular complexity index is 1190. The number of nitrogens with one attached hydrogen (secondary N) is 1. The molecule has 3 rings (SSSR count). The van der Waals surface area contributed by atoms with Gasteiger partial charge in [-0.05, 0) is 64.3 Å². The van der Waals surface area contributed by atoms with Crippen LogP contribution < -0.4 is 14.9 Å². The van der Waals surface area contributed by atoms with Crippen LogP contribution >= 0.6 is 27.5 Å². The normalized spacial score (nSPS) is 10.8. The van der Waals surface area contributed by atoms with E-state index in [9.17, 15) is 14.9 Å². The largest absolute Gasteiger partial charge is 0.490 e. The second-order valence-electron chi connectivity index (χ2n) is 6.65. The number of rotatable bonds is 9. The number of para-hydroxylation sites is 1. The van der Waals surface area contributed by atoms with Crippen LogP contribution in [-0.2, 0) is 6.61 Å². The zero-order valence-electron chi connectivity index (χ0n) is 17.5. The number of carbonyl (C=O) groups is 1. The molecule has 0 saturated carbocycles. The molecule has 0 atom stereocenters. The summed E-state index contributed by atoms with van der Waals surface area (Å²) in [6.45, 7) is 2.58. The van der Waals surface area contributed by atoms with E-state index in [1.165, 1.54) is 24.4 Å². The molecule has 0 unspecified atom stereocenters. The molecule has 0 aromatic heterocycles. The lowest BCUT2D eigenvalue weighted by atomic mass is 10.2. The van der Waals surface area contributed by atoms with Crippen LogP contribution in [0, 0.1) is 10.1 Å². The lowest BCUT2D eigenvalue weighted by Crippen LogP contribution is -2.19. The molecular formula is C23H19BrClN3O5. The van der Waals surface area contributed by atoms with Crippen molar-refractivity contribution in [3.05, 3.63) is 97.0 Å². The number of hydrogen-bond donors (Lipinski definition) is 1. The molecule has 3 aromatic carbocycles. The molecule has 1 amide bonds. The number of benzene rings is 3. The van der Waals surface area contributed by atoms with Gasteiger partial charge in [0, 0.05) is 11.1 Å². The van der Waals surface area contributed by atoms with E-state index in [1.807, 2.05) is 19.1 Å². The minimum Gasteiger partial charge on any atom is -0.490 e. The average molecular weight is 533 g/mol. The molecule has 0 aliphatic heterocycles. The number of amides is 1. The van der Waals surface area contributed by atoms with Crippen molar-refractivity contribution in [3.63, 3.8) is 0 Å². The molecule has 1 N–H and O–H groups in total. The van der Waals surface area contributed by atoms with Gasteiger partial charge in [0.05, 0.1) is 22.2 Å². The van der Waals surface area contributed by atoms with Crippen LogP contribution in [-0.4, -0.2) is 23.7 Å². The summed E-state index contributed by atoms with van der Waals surface area (Å²) in [6.07, 6.45) is 1.41. The van der Waals surface area contributed by atoms with Crippen LogP contribution in [0.5, 0.6) is 11.5 Å². The second-order valence-corrected chi connectivity index (χ2v) is 7.94. The first-order valence-electron chi connectivity index (χ1n) is 9.79. The number of nitro groups is 1. The SMILES string of the molecule is CCOc1cc(/C=N\NC(=O)c2ccccc2[N+](=O)[O-])cc(Br)c1OCc1ccc(Cl)cc1. The van der Waals surface area contributed by atoms with Crippen LogP contribution in [0.25, 0.3) is 0 Å². The van der Waals surface area contributed by atoms with E-state index in [4.69, 9.17) is 21.1 Å². The Morgan fingerprint density at radius 3 is 2.61 bits per heavy atom. The maximum atomic E-state index is 12.3. The molecule has 8 nitrogen and oxygen atoms in total. The Morgan fingerprint density at radius 2 is 1.91 bits per heavy atom. The summed E-state index contributed by atoms with van der Waals surface area (Å²) >= 11 is 9.40. The molecule has 0 aliphatic carbocycles. The Hall–Kier alpha value is -3.43. The van der Waals surface area contributed by atoms with Crippen molar-refractivity contribution in [1.29, 1.82) is 0 Å². The van der Waals surface area contributed by atoms with E-state index in [-0.39, 0.29) is 11.3 Å². The van der Waals surface area contributed by atoms with Gasteiger partial charge in [-0.15, -0.1) is 0 Å². The van der Waals surface area contributed by atoms with Crippen LogP contribution in [0.4, 0.5) is 5.69 Å². The topological polar surface area (TPSA) is 103 Å². The van der Waals surface area contributed by atoms with Gasteiger partial charge in [0.1, 0.15) is 12.2 Å². The predicted molar refractivity (Wildman–Crippen MR) is 129 cm³/mol. The van der Waals surface area contributed by atoms with Crippen molar-refractivity contribution >= 4 is 45.3 Å². The first-order chi connectivity index (χ1) is 15.9. The fourth-order valence-electron chi connectivity index (χ4n) is 2.85. The van der Waals surface area contributed by atoms with Gasteiger partial charge < -0.3 is 9.47 Å². The second kappa shape index (κ2) is 11.4. The van der Waals surface area contributed by atoms with Gasteiger partial charge in [-0.2, -0.15) is 5.10 Å². The van der Waals surface area contributed by atoms with E-state index in [0.717, 1.165) is 5.56 Å². The maximum absolute atomic E-state index is 12.3. The van der Waals surface area contributed by atoms with Crippen molar-refractivity contribution in [2.45, 2.75) is 13.5 Å². The highest BCUT2D eigenvalue weighted by molar-refractivity contribution is 9.10. The summed E-state index contributed by atoms with van der Waals surface area (Å²) in [5, 5.41) is 15.7. The molecule has 0 saturated heterocycles. The molecular weight excluding hydrogens is 514 g/mol. The Kier molecular flexibility index (Phi) is 8.39. The van der Waals surface area contributed by atoms with E-state index in [0.29, 0.717) is 39.8 Å². The van der Waals surface area contributed by atoms with Crippen molar-refractivity contribution in [2.24, 2.45) is 5.10 Å². The number of ether oxygens (including phenoxy) is 2. The molecule has 0 radical (unpaired) electrons. The number of carbonyl (C=O) groups excluding carboxylic acids is 1. The molecule has 170 valence electrons. The molecule has 0 spiro atoms. The third-order valence-electron chi connectivity index (χ3n) is 4.35. The van der Waals surface area contributed by atoms with E-state index < -0.39 is 10.8 Å². The quantitative estimate of drug-likeness (QED) is 0.215. The van der Waals surface area contributed by atoms with E-state index >= 15 is 0 Å². The van der Waals surface area contributed by atoms with Gasteiger partial charge in [-0.3, -0.25) is 14.9 Å². The summed E-state index contributed by atoms with van der Waals surface area (Å²) in [6, 6.07) is 16.4. The van der Waals surface area contributed by atoms with Gasteiger partial charge in [-0.25, -0.2) is 5.43 Å². The standard InChI is InChI=1S/C23H19BrClN3O5/c1-2-32-21-12-16(11-19(24)22(21)33-14-15-7-9-17(25)10-8-15)13-26-27-23(29)18-5-3-4-6-20(18)28(30)31/h3-13H,2,14H2,1H3,(H,27,29)/b26-13-. The summed E-state index contributed by atoms with van der Waals surface area (Å²) in [7, 11) is 0. The summed E-state index contributed by atoms with van der Waals surface area (Å²) in [5.41, 5.74) is 3.49. The van der Waals surface area contributed by atoms with E-state index in [2.05, 4.69) is 26.5 Å². The van der Waals surface area contributed by atoms with Crippen molar-refractivity contribution in [2.75, 3.05) is 6.61 Å². The minimum absolute atomic E-state index is 0.0817. The first-order valence-corrected chi connectivity index (χ1v) is 11.0. The molecule has 0 bridgehead atoms. The molecule has 0 fully saturated rings. The summed E-state index contributed by atoms with van der Waals surface area (Å²) < 4.78 is 12.3. The fourth-order valence-corrected chi connectivity index (χ4v) is 3.55. The van der Waals surface area contributed by atoms with Crippen molar-refractivity contribution in [1.82, 2.24) is 5.43 Å². The monoisotopic (exact) mass is 531 g/mol. The van der Waals surface area contributed by atoms with Crippen LogP contribution in [0.2, 0.25) is 5.02 Å². The zero-order chi connectivity index (χ0) is 23.8. The van der Waals surface area contributed by atoms with Crippen molar-refractivity contribution < 1.29 is 19.2 Å². The fraction of sp³-hybridized carbons (Fsp3) is 0.130. The summed E-state index contributed by atoms with van der Waals surface area (Å²) in [5.74, 6) is 0.325. The third kappa shape index (κ3) is 6.53. The Morgan fingerprint density at radius 1 is 1.18 bits per heavy atom. The minimum atomic E-state index is -0.689.